The number of halogens is 2. The molecule has 0 N–H and O–H groups in total. The molecule has 4 nitrogen and oxygen atoms in total. The molecule has 1 saturated heterocycles. The predicted octanol–water partition coefficient (Wildman–Crippen LogP) is 4.27. The van der Waals surface area contributed by atoms with Crippen LogP contribution in [0, 0.1) is 5.82 Å². The molecule has 0 saturated carbocycles. The van der Waals surface area contributed by atoms with Gasteiger partial charge in [-0.25, -0.2) is 4.39 Å². The number of carbonyl (C=O) groups is 1. The van der Waals surface area contributed by atoms with Gasteiger partial charge in [0.25, 0.3) is 0 Å². The molecule has 2 aromatic carbocycles. The molecule has 1 unspecified atom stereocenters. The summed E-state index contributed by atoms with van der Waals surface area (Å²) in [5, 5.41) is 0.0372. The summed E-state index contributed by atoms with van der Waals surface area (Å²) in [5.74, 6) is 1.25. The van der Waals surface area contributed by atoms with E-state index in [2.05, 4.69) is 0 Å². The first-order valence-electron chi connectivity index (χ1n) is 7.61. The highest BCUT2D eigenvalue weighted by Crippen LogP contribution is 2.47. The van der Waals surface area contributed by atoms with Gasteiger partial charge in [0.15, 0.2) is 0 Å². The molecular weight excluding hydrogens is 365 g/mol. The third-order valence-corrected chi connectivity index (χ3v) is 5.61. The molecule has 1 fully saturated rings. The lowest BCUT2D eigenvalue weighted by molar-refractivity contribution is -0.128. The maximum atomic E-state index is 13.3. The van der Waals surface area contributed by atoms with Crippen molar-refractivity contribution < 1.29 is 18.7 Å². The van der Waals surface area contributed by atoms with E-state index in [0.29, 0.717) is 27.8 Å². The van der Waals surface area contributed by atoms with E-state index in [9.17, 15) is 9.18 Å². The number of benzene rings is 2. The number of thioether (sulfide) groups is 1. The Balaban J connectivity index is 1.98. The van der Waals surface area contributed by atoms with Gasteiger partial charge in [-0.15, -0.1) is 11.8 Å². The summed E-state index contributed by atoms with van der Waals surface area (Å²) in [6.07, 6.45) is 0. The summed E-state index contributed by atoms with van der Waals surface area (Å²) >= 11 is 7.63. The van der Waals surface area contributed by atoms with Crippen LogP contribution in [0.15, 0.2) is 36.4 Å². The average Bonchev–Trinajstić information content (AvgIpc) is 2.96. The Bertz CT molecular complexity index is 780. The molecular formula is C18H17ClFNO3S. The maximum Gasteiger partial charge on any atom is 0.234 e. The largest absolute Gasteiger partial charge is 0.496 e. The number of methoxy groups -OCH3 is 2. The van der Waals surface area contributed by atoms with Crippen LogP contribution in [0.2, 0.25) is 5.02 Å². The second kappa shape index (κ2) is 7.54. The Hall–Kier alpha value is -1.92. The highest BCUT2D eigenvalue weighted by molar-refractivity contribution is 8.00. The van der Waals surface area contributed by atoms with Crippen LogP contribution >= 0.6 is 23.4 Å². The van der Waals surface area contributed by atoms with Crippen molar-refractivity contribution in [2.75, 3.05) is 20.0 Å². The summed E-state index contributed by atoms with van der Waals surface area (Å²) < 4.78 is 24.2. The molecule has 0 bridgehead atoms. The van der Waals surface area contributed by atoms with E-state index in [0.717, 1.165) is 5.56 Å². The highest BCUT2D eigenvalue weighted by atomic mass is 35.5. The van der Waals surface area contributed by atoms with Crippen LogP contribution in [0.4, 0.5) is 4.39 Å². The van der Waals surface area contributed by atoms with E-state index in [1.54, 1.807) is 25.2 Å². The molecule has 2 aromatic rings. The number of ether oxygens (including phenoxy) is 2. The Morgan fingerprint density at radius 3 is 2.52 bits per heavy atom. The molecule has 132 valence electrons. The molecule has 1 heterocycles. The molecule has 1 aliphatic rings. The first-order valence-corrected chi connectivity index (χ1v) is 9.03. The van der Waals surface area contributed by atoms with Crippen molar-refractivity contribution in [2.24, 2.45) is 0 Å². The Morgan fingerprint density at radius 1 is 1.24 bits per heavy atom. The van der Waals surface area contributed by atoms with Crippen molar-refractivity contribution in [2.45, 2.75) is 11.9 Å². The fourth-order valence-corrected chi connectivity index (χ4v) is 4.29. The minimum absolute atomic E-state index is 0.0108. The summed E-state index contributed by atoms with van der Waals surface area (Å²) in [6, 6.07) is 9.71. The second-order valence-electron chi connectivity index (χ2n) is 5.50. The van der Waals surface area contributed by atoms with Crippen molar-refractivity contribution in [1.29, 1.82) is 0 Å². The van der Waals surface area contributed by atoms with E-state index in [-0.39, 0.29) is 17.8 Å². The quantitative estimate of drug-likeness (QED) is 0.775. The maximum absolute atomic E-state index is 13.3. The Morgan fingerprint density at radius 2 is 1.92 bits per heavy atom. The van der Waals surface area contributed by atoms with E-state index in [1.165, 1.54) is 23.9 Å². The standard InChI is InChI=1S/C18H17ClFNO3S/c1-23-14-4-3-5-15(24-2)17(14)18-21(16(22)10-25-18)9-11-6-7-12(20)8-13(11)19/h3-8,18H,9-10H2,1-2H3. The minimum atomic E-state index is -0.404. The third kappa shape index (κ3) is 3.55. The predicted molar refractivity (Wildman–Crippen MR) is 96.7 cm³/mol. The van der Waals surface area contributed by atoms with Gasteiger partial charge in [-0.3, -0.25) is 4.79 Å². The molecule has 0 aliphatic carbocycles. The highest BCUT2D eigenvalue weighted by Gasteiger charge is 2.36. The smallest absolute Gasteiger partial charge is 0.234 e. The van der Waals surface area contributed by atoms with Gasteiger partial charge >= 0.3 is 0 Å². The number of rotatable bonds is 5. The molecule has 0 radical (unpaired) electrons. The topological polar surface area (TPSA) is 38.8 Å². The van der Waals surface area contributed by atoms with E-state index < -0.39 is 5.82 Å². The zero-order chi connectivity index (χ0) is 18.0. The summed E-state index contributed by atoms with van der Waals surface area (Å²) in [6.45, 7) is 0.289. The molecule has 0 spiro atoms. The van der Waals surface area contributed by atoms with Gasteiger partial charge in [0.2, 0.25) is 5.91 Å². The fraction of sp³-hybridized carbons (Fsp3) is 0.278. The van der Waals surface area contributed by atoms with Gasteiger partial charge in [0.1, 0.15) is 22.7 Å². The lowest BCUT2D eigenvalue weighted by Crippen LogP contribution is -2.28. The lowest BCUT2D eigenvalue weighted by Gasteiger charge is -2.27. The van der Waals surface area contributed by atoms with Crippen LogP contribution in [0.1, 0.15) is 16.5 Å². The van der Waals surface area contributed by atoms with Gasteiger partial charge < -0.3 is 14.4 Å². The molecule has 1 amide bonds. The van der Waals surface area contributed by atoms with E-state index in [4.69, 9.17) is 21.1 Å². The van der Waals surface area contributed by atoms with Crippen molar-refractivity contribution in [3.63, 3.8) is 0 Å². The van der Waals surface area contributed by atoms with Gasteiger partial charge in [0, 0.05) is 11.6 Å². The van der Waals surface area contributed by atoms with E-state index >= 15 is 0 Å². The van der Waals surface area contributed by atoms with Gasteiger partial charge in [0.05, 0.1) is 25.5 Å². The normalized spacial score (nSPS) is 17.0. The first kappa shape index (κ1) is 17.9. The van der Waals surface area contributed by atoms with Gasteiger partial charge in [-0.1, -0.05) is 23.7 Å². The zero-order valence-electron chi connectivity index (χ0n) is 13.8. The second-order valence-corrected chi connectivity index (χ2v) is 6.97. The minimum Gasteiger partial charge on any atom is -0.496 e. The SMILES string of the molecule is COc1cccc(OC)c1C1SCC(=O)N1Cc1ccc(F)cc1Cl. The molecule has 3 rings (SSSR count). The molecule has 25 heavy (non-hydrogen) atoms. The number of carbonyl (C=O) groups excluding carboxylic acids is 1. The number of hydrogen-bond acceptors (Lipinski definition) is 4. The van der Waals surface area contributed by atoms with Crippen LogP contribution < -0.4 is 9.47 Å². The summed E-state index contributed by atoms with van der Waals surface area (Å²) in [7, 11) is 3.17. The third-order valence-electron chi connectivity index (χ3n) is 4.04. The van der Waals surface area contributed by atoms with Crippen molar-refractivity contribution in [1.82, 2.24) is 4.90 Å². The van der Waals surface area contributed by atoms with E-state index in [1.807, 2.05) is 18.2 Å². The lowest BCUT2D eigenvalue weighted by atomic mass is 10.1. The number of nitrogens with zero attached hydrogens (tertiary/aromatic N) is 1. The Labute approximate surface area is 154 Å². The number of amides is 1. The van der Waals surface area contributed by atoms with Crippen molar-refractivity contribution in [3.8, 4) is 11.5 Å². The molecule has 0 aromatic heterocycles. The number of hydrogen-bond donors (Lipinski definition) is 0. The van der Waals surface area contributed by atoms with Crippen LogP contribution in [0.25, 0.3) is 0 Å². The monoisotopic (exact) mass is 381 g/mol. The fourth-order valence-electron chi connectivity index (χ4n) is 2.82. The van der Waals surface area contributed by atoms with Crippen LogP contribution in [-0.2, 0) is 11.3 Å². The summed E-state index contributed by atoms with van der Waals surface area (Å²) in [4.78, 5) is 14.2. The van der Waals surface area contributed by atoms with Crippen LogP contribution in [0.3, 0.4) is 0 Å². The van der Waals surface area contributed by atoms with Crippen LogP contribution in [-0.4, -0.2) is 30.8 Å². The van der Waals surface area contributed by atoms with Gasteiger partial charge in [-0.2, -0.15) is 0 Å². The molecule has 7 heteroatoms. The average molecular weight is 382 g/mol. The molecule has 1 atom stereocenters. The first-order chi connectivity index (χ1) is 12.0. The van der Waals surface area contributed by atoms with Crippen LogP contribution in [0.5, 0.6) is 11.5 Å². The van der Waals surface area contributed by atoms with Crippen molar-refractivity contribution >= 4 is 29.3 Å². The van der Waals surface area contributed by atoms with Gasteiger partial charge in [-0.05, 0) is 29.8 Å². The van der Waals surface area contributed by atoms with Crippen molar-refractivity contribution in [3.05, 3.63) is 58.4 Å². The molecule has 1 aliphatic heterocycles. The summed E-state index contributed by atoms with van der Waals surface area (Å²) in [5.41, 5.74) is 1.50. The zero-order valence-corrected chi connectivity index (χ0v) is 15.4. The Kier molecular flexibility index (Phi) is 5.39.